The molecular weight excluding hydrogens is 541 g/mol. The van der Waals surface area contributed by atoms with E-state index in [1.165, 1.54) is 76.2 Å². The van der Waals surface area contributed by atoms with Crippen LogP contribution in [0.1, 0.15) is 22.3 Å². The normalized spacial score (nSPS) is 14.3. The first-order valence-electron chi connectivity index (χ1n) is 14.8. The van der Waals surface area contributed by atoms with Crippen molar-refractivity contribution in [1.82, 2.24) is 0 Å². The van der Waals surface area contributed by atoms with Gasteiger partial charge >= 0.3 is 0 Å². The highest BCUT2D eigenvalue weighted by Gasteiger charge is 2.51. The predicted octanol–water partition coefficient (Wildman–Crippen LogP) is 11.1. The first-order valence-corrected chi connectivity index (χ1v) is 15.6. The van der Waals surface area contributed by atoms with Gasteiger partial charge < -0.3 is 4.74 Å². The lowest BCUT2D eigenvalue weighted by Gasteiger charge is -2.39. The first kappa shape index (κ1) is 23.5. The van der Waals surface area contributed by atoms with Crippen LogP contribution in [-0.2, 0) is 5.41 Å². The van der Waals surface area contributed by atoms with Crippen LogP contribution in [0.25, 0.3) is 44.2 Å². The van der Waals surface area contributed by atoms with Gasteiger partial charge in [-0.25, -0.2) is 0 Å². The summed E-state index contributed by atoms with van der Waals surface area (Å²) in [4.78, 5) is 2.65. The summed E-state index contributed by atoms with van der Waals surface area (Å²) in [5.41, 5.74) is 12.2. The molecule has 1 nitrogen and oxygen atoms in total. The van der Waals surface area contributed by atoms with Crippen LogP contribution >= 0.6 is 11.8 Å². The fourth-order valence-electron chi connectivity index (χ4n) is 7.78. The Bertz CT molecular complexity index is 2260. The van der Waals surface area contributed by atoms with Gasteiger partial charge in [0.1, 0.15) is 11.5 Å². The Morgan fingerprint density at radius 2 is 1.05 bits per heavy atom. The molecule has 3 aliphatic rings. The monoisotopic (exact) mass is 564 g/mol. The third-order valence-electron chi connectivity index (χ3n) is 9.54. The number of hydrogen-bond donors (Lipinski definition) is 0. The van der Waals surface area contributed by atoms with Crippen molar-refractivity contribution < 1.29 is 4.74 Å². The van der Waals surface area contributed by atoms with E-state index in [9.17, 15) is 0 Å². The van der Waals surface area contributed by atoms with E-state index in [-0.39, 0.29) is 0 Å². The molecule has 10 rings (SSSR count). The number of benzene rings is 7. The van der Waals surface area contributed by atoms with Gasteiger partial charge in [0.05, 0.1) is 5.41 Å². The molecule has 0 fully saturated rings. The van der Waals surface area contributed by atoms with Crippen molar-refractivity contribution in [3.05, 3.63) is 168 Å². The average Bonchev–Trinajstić information content (AvgIpc) is 3.35. The lowest BCUT2D eigenvalue weighted by atomic mass is 9.66. The molecule has 0 bridgehead atoms. The second-order valence-electron chi connectivity index (χ2n) is 11.6. The minimum absolute atomic E-state index is 0.456. The molecule has 0 N–H and O–H groups in total. The van der Waals surface area contributed by atoms with Gasteiger partial charge in [-0.2, -0.15) is 0 Å². The van der Waals surface area contributed by atoms with E-state index >= 15 is 0 Å². The van der Waals surface area contributed by atoms with Gasteiger partial charge in [-0.15, -0.1) is 0 Å². The largest absolute Gasteiger partial charge is 0.457 e. The minimum atomic E-state index is -0.456. The molecule has 0 aromatic heterocycles. The summed E-state index contributed by atoms with van der Waals surface area (Å²) < 4.78 is 6.53. The van der Waals surface area contributed by atoms with Crippen LogP contribution in [0.2, 0.25) is 0 Å². The Morgan fingerprint density at radius 3 is 1.86 bits per heavy atom. The molecule has 0 saturated heterocycles. The summed E-state index contributed by atoms with van der Waals surface area (Å²) in [6.45, 7) is 0. The maximum atomic E-state index is 6.53. The highest BCUT2D eigenvalue weighted by Crippen LogP contribution is 2.62. The second-order valence-corrected chi connectivity index (χ2v) is 12.7. The van der Waals surface area contributed by atoms with Crippen LogP contribution in [0.4, 0.5) is 0 Å². The summed E-state index contributed by atoms with van der Waals surface area (Å²) in [6, 6.07) is 53.5. The van der Waals surface area contributed by atoms with Crippen LogP contribution in [-0.4, -0.2) is 0 Å². The summed E-state index contributed by atoms with van der Waals surface area (Å²) in [5, 5.41) is 2.66. The van der Waals surface area contributed by atoms with E-state index < -0.39 is 5.41 Å². The summed E-state index contributed by atoms with van der Waals surface area (Å²) >= 11 is 1.88. The van der Waals surface area contributed by atoms with Crippen LogP contribution < -0.4 is 4.74 Å². The van der Waals surface area contributed by atoms with Gasteiger partial charge in [0, 0.05) is 26.3 Å². The van der Waals surface area contributed by atoms with Crippen molar-refractivity contribution in [2.24, 2.45) is 0 Å². The maximum Gasteiger partial charge on any atom is 0.132 e. The van der Waals surface area contributed by atoms with E-state index in [1.54, 1.807) is 0 Å². The topological polar surface area (TPSA) is 9.23 Å². The van der Waals surface area contributed by atoms with Crippen molar-refractivity contribution in [3.63, 3.8) is 0 Å². The van der Waals surface area contributed by atoms with Gasteiger partial charge in [0.15, 0.2) is 0 Å². The highest BCUT2D eigenvalue weighted by atomic mass is 32.2. The molecule has 2 heterocycles. The van der Waals surface area contributed by atoms with Gasteiger partial charge in [-0.05, 0) is 86.3 Å². The van der Waals surface area contributed by atoms with Crippen molar-refractivity contribution >= 4 is 22.5 Å². The fourth-order valence-corrected chi connectivity index (χ4v) is 8.91. The van der Waals surface area contributed by atoms with E-state index in [0.717, 1.165) is 11.5 Å². The minimum Gasteiger partial charge on any atom is -0.457 e. The number of rotatable bonds is 1. The lowest BCUT2D eigenvalue weighted by Crippen LogP contribution is -2.32. The summed E-state index contributed by atoms with van der Waals surface area (Å²) in [7, 11) is 0. The molecule has 0 atom stereocenters. The molecule has 7 aromatic rings. The average molecular weight is 565 g/mol. The SMILES string of the molecule is c1ccc2c(c1)Oc1ccccc1C21c2ccccc2-c2ccc(-c3ccc4c(c3)-c3cccc5cccc(c35)S4)cc21. The molecule has 7 aromatic carbocycles. The van der Waals surface area contributed by atoms with Gasteiger partial charge in [-0.1, -0.05) is 121 Å². The molecule has 43 heavy (non-hydrogen) atoms. The Balaban J connectivity index is 1.24. The van der Waals surface area contributed by atoms with Gasteiger partial charge in [0.2, 0.25) is 0 Å². The highest BCUT2D eigenvalue weighted by molar-refractivity contribution is 7.99. The first-order chi connectivity index (χ1) is 21.3. The summed E-state index contributed by atoms with van der Waals surface area (Å²) in [6.07, 6.45) is 0. The van der Waals surface area contributed by atoms with Gasteiger partial charge in [0.25, 0.3) is 0 Å². The molecule has 200 valence electrons. The lowest BCUT2D eigenvalue weighted by molar-refractivity contribution is 0.436. The third kappa shape index (κ3) is 3.03. The Hall–Kier alpha value is -5.05. The van der Waals surface area contributed by atoms with Crippen molar-refractivity contribution in [3.8, 4) is 44.9 Å². The zero-order valence-corrected chi connectivity index (χ0v) is 24.0. The molecule has 1 aliphatic carbocycles. The number of hydrogen-bond acceptors (Lipinski definition) is 2. The van der Waals surface area contributed by atoms with E-state index in [1.807, 2.05) is 11.8 Å². The van der Waals surface area contributed by atoms with Gasteiger partial charge in [-0.3, -0.25) is 0 Å². The second kappa shape index (κ2) is 8.50. The van der Waals surface area contributed by atoms with Crippen LogP contribution in [0.3, 0.4) is 0 Å². The van der Waals surface area contributed by atoms with Crippen LogP contribution in [0, 0.1) is 0 Å². The smallest absolute Gasteiger partial charge is 0.132 e. The van der Waals surface area contributed by atoms with Crippen LogP contribution in [0.5, 0.6) is 11.5 Å². The molecule has 2 heteroatoms. The molecule has 0 amide bonds. The standard InChI is InChI=1S/C41H24OS/c1-2-13-32-28(11-1)29-21-19-27(24-35(29)41(32)33-14-3-5-16-36(33)42-37-17-6-4-15-34(37)41)26-20-22-38-31(23-26)30-12-7-9-25-10-8-18-39(43-38)40(25)30/h1-24H. The molecule has 0 unspecified atom stereocenters. The van der Waals surface area contributed by atoms with E-state index in [4.69, 9.17) is 4.74 Å². The van der Waals surface area contributed by atoms with E-state index in [2.05, 4.69) is 146 Å². The Labute approximate surface area is 254 Å². The maximum absolute atomic E-state index is 6.53. The Morgan fingerprint density at radius 1 is 0.419 bits per heavy atom. The third-order valence-corrected chi connectivity index (χ3v) is 10.7. The zero-order valence-electron chi connectivity index (χ0n) is 23.2. The fraction of sp³-hybridized carbons (Fsp3) is 0.0244. The van der Waals surface area contributed by atoms with E-state index in [0.29, 0.717) is 0 Å². The molecule has 1 spiro atoms. The molecule has 2 aliphatic heterocycles. The molecule has 0 saturated carbocycles. The quantitative estimate of drug-likeness (QED) is 0.196. The predicted molar refractivity (Wildman–Crippen MR) is 176 cm³/mol. The van der Waals surface area contributed by atoms with Crippen molar-refractivity contribution in [2.75, 3.05) is 0 Å². The van der Waals surface area contributed by atoms with Crippen molar-refractivity contribution in [2.45, 2.75) is 15.2 Å². The number of ether oxygens (including phenoxy) is 1. The zero-order chi connectivity index (χ0) is 28.1. The summed E-state index contributed by atoms with van der Waals surface area (Å²) in [5.74, 6) is 1.85. The molecule has 0 radical (unpaired) electrons. The van der Waals surface area contributed by atoms with Crippen molar-refractivity contribution in [1.29, 1.82) is 0 Å². The van der Waals surface area contributed by atoms with Crippen LogP contribution in [0.15, 0.2) is 155 Å². The molecular formula is C41H24OS. The number of fused-ring (bicyclic) bond motifs is 11. The number of para-hydroxylation sites is 2. The Kier molecular flexibility index (Phi) is 4.65.